The van der Waals surface area contributed by atoms with Crippen LogP contribution in [0, 0.1) is 0 Å². The van der Waals surface area contributed by atoms with Crippen molar-refractivity contribution >= 4 is 27.7 Å². The summed E-state index contributed by atoms with van der Waals surface area (Å²) in [5.74, 6) is -0.157. The van der Waals surface area contributed by atoms with E-state index >= 15 is 0 Å². The van der Waals surface area contributed by atoms with Gasteiger partial charge in [-0.15, -0.1) is 0 Å². The molecule has 1 aromatic rings. The summed E-state index contributed by atoms with van der Waals surface area (Å²) in [7, 11) is 0. The van der Waals surface area contributed by atoms with Gasteiger partial charge < -0.3 is 10.6 Å². The number of benzene rings is 1. The molecule has 1 aromatic carbocycles. The molecule has 5 heteroatoms. The number of hydrogen-bond acceptors (Lipinski definition) is 2. The van der Waals surface area contributed by atoms with Crippen LogP contribution in [0.4, 0.5) is 0 Å². The van der Waals surface area contributed by atoms with Crippen LogP contribution >= 0.6 is 15.9 Å². The Labute approximate surface area is 152 Å². The molecule has 1 saturated carbocycles. The van der Waals surface area contributed by atoms with Crippen molar-refractivity contribution in [2.24, 2.45) is 0 Å². The van der Waals surface area contributed by atoms with E-state index < -0.39 is 11.5 Å². The molecule has 4 nitrogen and oxygen atoms in total. The largest absolute Gasteiger partial charge is 0.352 e. The summed E-state index contributed by atoms with van der Waals surface area (Å²) in [5, 5.41) is 5.87. The standard InChI is InChI=1S/C19H27BrN2O2/c1-4-13(2)21-17(23)14(3)22-18(24)19(11-5-6-12-19)15-7-9-16(20)10-8-15/h7-10,13-14H,4-6,11-12H2,1-3H3,(H,21,23)(H,22,24). The number of hydrogen-bond donors (Lipinski definition) is 2. The fourth-order valence-electron chi connectivity index (χ4n) is 3.26. The minimum absolute atomic E-state index is 0.0332. The zero-order valence-corrected chi connectivity index (χ0v) is 16.3. The number of amides is 2. The first-order valence-electron chi connectivity index (χ1n) is 8.76. The Bertz CT molecular complexity index is 580. The van der Waals surface area contributed by atoms with Crippen LogP contribution in [0.5, 0.6) is 0 Å². The van der Waals surface area contributed by atoms with Crippen molar-refractivity contribution in [1.82, 2.24) is 10.6 Å². The van der Waals surface area contributed by atoms with Gasteiger partial charge in [-0.25, -0.2) is 0 Å². The third-order valence-electron chi connectivity index (χ3n) is 5.03. The second-order valence-electron chi connectivity index (χ2n) is 6.81. The van der Waals surface area contributed by atoms with Crippen molar-refractivity contribution in [2.45, 2.75) is 70.4 Å². The highest BCUT2D eigenvalue weighted by atomic mass is 79.9. The van der Waals surface area contributed by atoms with Crippen LogP contribution in [0.25, 0.3) is 0 Å². The van der Waals surface area contributed by atoms with Gasteiger partial charge in [-0.3, -0.25) is 9.59 Å². The number of carbonyl (C=O) groups excluding carboxylic acids is 2. The molecule has 2 N–H and O–H groups in total. The van der Waals surface area contributed by atoms with Gasteiger partial charge in [0, 0.05) is 10.5 Å². The van der Waals surface area contributed by atoms with E-state index in [0.717, 1.165) is 42.1 Å². The molecule has 1 fully saturated rings. The first-order chi connectivity index (χ1) is 11.4. The lowest BCUT2D eigenvalue weighted by atomic mass is 9.78. The van der Waals surface area contributed by atoms with Gasteiger partial charge in [0.25, 0.3) is 0 Å². The highest BCUT2D eigenvalue weighted by molar-refractivity contribution is 9.10. The van der Waals surface area contributed by atoms with E-state index in [2.05, 4.69) is 26.6 Å². The topological polar surface area (TPSA) is 58.2 Å². The monoisotopic (exact) mass is 394 g/mol. The second kappa shape index (κ2) is 8.15. The molecule has 2 unspecified atom stereocenters. The Hall–Kier alpha value is -1.36. The van der Waals surface area contributed by atoms with Gasteiger partial charge in [-0.05, 0) is 50.8 Å². The van der Waals surface area contributed by atoms with Crippen molar-refractivity contribution in [1.29, 1.82) is 0 Å². The molecule has 2 amide bonds. The zero-order chi connectivity index (χ0) is 17.7. The van der Waals surface area contributed by atoms with Gasteiger partial charge in [0.15, 0.2) is 0 Å². The predicted molar refractivity (Wildman–Crippen MR) is 99.8 cm³/mol. The number of nitrogens with one attached hydrogen (secondary N) is 2. The Morgan fingerprint density at radius 2 is 1.71 bits per heavy atom. The minimum atomic E-state index is -0.528. The average molecular weight is 395 g/mol. The summed E-state index contributed by atoms with van der Waals surface area (Å²) in [6.07, 6.45) is 4.61. The van der Waals surface area contributed by atoms with Crippen LogP contribution in [0.1, 0.15) is 58.4 Å². The number of halogens is 1. The molecular formula is C19H27BrN2O2. The van der Waals surface area contributed by atoms with Crippen LogP contribution in [-0.4, -0.2) is 23.9 Å². The first kappa shape index (κ1) is 19.0. The van der Waals surface area contributed by atoms with Crippen molar-refractivity contribution in [3.63, 3.8) is 0 Å². The SMILES string of the molecule is CCC(C)NC(=O)C(C)NC(=O)C1(c2ccc(Br)cc2)CCCC1. The molecule has 2 rings (SSSR count). The molecule has 0 saturated heterocycles. The molecule has 0 aromatic heterocycles. The van der Waals surface area contributed by atoms with E-state index in [1.54, 1.807) is 6.92 Å². The molecule has 0 radical (unpaired) electrons. The van der Waals surface area contributed by atoms with Gasteiger partial charge in [0.05, 0.1) is 5.41 Å². The first-order valence-corrected chi connectivity index (χ1v) is 9.55. The zero-order valence-electron chi connectivity index (χ0n) is 14.7. The Kier molecular flexibility index (Phi) is 6.44. The molecular weight excluding hydrogens is 368 g/mol. The highest BCUT2D eigenvalue weighted by Crippen LogP contribution is 2.41. The summed E-state index contributed by atoms with van der Waals surface area (Å²) in [6, 6.07) is 7.56. The quantitative estimate of drug-likeness (QED) is 0.772. The van der Waals surface area contributed by atoms with Gasteiger partial charge in [0.2, 0.25) is 11.8 Å². The molecule has 2 atom stereocenters. The average Bonchev–Trinajstić information content (AvgIpc) is 3.06. The van der Waals surface area contributed by atoms with Crippen LogP contribution in [0.3, 0.4) is 0 Å². The van der Waals surface area contributed by atoms with E-state index in [0.29, 0.717) is 0 Å². The normalized spacial score (nSPS) is 18.7. The van der Waals surface area contributed by atoms with Gasteiger partial charge in [-0.1, -0.05) is 47.8 Å². The van der Waals surface area contributed by atoms with Gasteiger partial charge in [0.1, 0.15) is 6.04 Å². The van der Waals surface area contributed by atoms with Crippen LogP contribution in [-0.2, 0) is 15.0 Å². The Balaban J connectivity index is 2.12. The fourth-order valence-corrected chi connectivity index (χ4v) is 3.53. The van der Waals surface area contributed by atoms with E-state index in [9.17, 15) is 9.59 Å². The third kappa shape index (κ3) is 4.18. The molecule has 1 aliphatic carbocycles. The van der Waals surface area contributed by atoms with Crippen LogP contribution in [0.2, 0.25) is 0 Å². The van der Waals surface area contributed by atoms with E-state index in [1.165, 1.54) is 0 Å². The van der Waals surface area contributed by atoms with E-state index in [-0.39, 0.29) is 17.9 Å². The van der Waals surface area contributed by atoms with Crippen molar-refractivity contribution in [3.05, 3.63) is 34.3 Å². The van der Waals surface area contributed by atoms with Gasteiger partial charge >= 0.3 is 0 Å². The Morgan fingerprint density at radius 1 is 1.12 bits per heavy atom. The van der Waals surface area contributed by atoms with Gasteiger partial charge in [-0.2, -0.15) is 0 Å². The lowest BCUT2D eigenvalue weighted by Crippen LogP contribution is -2.52. The third-order valence-corrected chi connectivity index (χ3v) is 5.56. The number of rotatable bonds is 6. The summed E-state index contributed by atoms with van der Waals surface area (Å²) in [5.41, 5.74) is 0.529. The smallest absolute Gasteiger partial charge is 0.242 e. The highest BCUT2D eigenvalue weighted by Gasteiger charge is 2.43. The predicted octanol–water partition coefficient (Wildman–Crippen LogP) is 3.68. The fraction of sp³-hybridized carbons (Fsp3) is 0.579. The minimum Gasteiger partial charge on any atom is -0.352 e. The molecule has 0 heterocycles. The Morgan fingerprint density at radius 3 is 2.25 bits per heavy atom. The maximum atomic E-state index is 13.0. The summed E-state index contributed by atoms with van der Waals surface area (Å²) >= 11 is 3.44. The van der Waals surface area contributed by atoms with E-state index in [1.807, 2.05) is 38.1 Å². The molecule has 0 bridgehead atoms. The number of carbonyl (C=O) groups is 2. The molecule has 0 aliphatic heterocycles. The van der Waals surface area contributed by atoms with E-state index in [4.69, 9.17) is 0 Å². The lowest BCUT2D eigenvalue weighted by molar-refractivity contribution is -0.132. The molecule has 24 heavy (non-hydrogen) atoms. The molecule has 0 spiro atoms. The second-order valence-corrected chi connectivity index (χ2v) is 7.72. The lowest BCUT2D eigenvalue weighted by Gasteiger charge is -2.30. The van der Waals surface area contributed by atoms with Crippen LogP contribution < -0.4 is 10.6 Å². The molecule has 1 aliphatic rings. The van der Waals surface area contributed by atoms with Crippen LogP contribution in [0.15, 0.2) is 28.7 Å². The van der Waals surface area contributed by atoms with Crippen molar-refractivity contribution < 1.29 is 9.59 Å². The summed E-state index contributed by atoms with van der Waals surface area (Å²) in [6.45, 7) is 5.74. The van der Waals surface area contributed by atoms with Crippen molar-refractivity contribution in [3.8, 4) is 0 Å². The molecule has 132 valence electrons. The summed E-state index contributed by atoms with van der Waals surface area (Å²) < 4.78 is 1.00. The maximum absolute atomic E-state index is 13.0. The summed E-state index contributed by atoms with van der Waals surface area (Å²) in [4.78, 5) is 25.2. The maximum Gasteiger partial charge on any atom is 0.242 e. The van der Waals surface area contributed by atoms with Crippen molar-refractivity contribution in [2.75, 3.05) is 0 Å².